The number of fused-ring (bicyclic) bond motifs is 2. The van der Waals surface area contributed by atoms with Gasteiger partial charge in [0.25, 0.3) is 7.82 Å². The van der Waals surface area contributed by atoms with Crippen LogP contribution in [-0.2, 0) is 27.8 Å². The van der Waals surface area contributed by atoms with Crippen molar-refractivity contribution in [3.8, 4) is 0 Å². The van der Waals surface area contributed by atoms with Crippen molar-refractivity contribution < 1.29 is 32.7 Å². The molecule has 96 valence electrons. The Morgan fingerprint density at radius 3 is 2.82 bits per heavy atom. The summed E-state index contributed by atoms with van der Waals surface area (Å²) in [6.07, 6.45) is -1.48. The third-order valence-corrected chi connectivity index (χ3v) is 3.82. The first kappa shape index (κ1) is 13.5. The summed E-state index contributed by atoms with van der Waals surface area (Å²) in [4.78, 5) is 11.3. The molecule has 0 aromatic carbocycles. The van der Waals surface area contributed by atoms with Crippen LogP contribution in [0.4, 0.5) is 0 Å². The van der Waals surface area contributed by atoms with Crippen LogP contribution in [0.25, 0.3) is 0 Å². The normalized spacial score (nSPS) is 43.8. The topological polar surface area (TPSA) is 86.3 Å². The summed E-state index contributed by atoms with van der Waals surface area (Å²) in [5.41, 5.74) is -0.989. The van der Waals surface area contributed by atoms with Crippen molar-refractivity contribution in [3.63, 3.8) is 0 Å². The summed E-state index contributed by atoms with van der Waals surface area (Å²) >= 11 is 0. The third-order valence-electron chi connectivity index (χ3n) is 2.89. The van der Waals surface area contributed by atoms with Crippen LogP contribution in [0.15, 0.2) is 0 Å². The summed E-state index contributed by atoms with van der Waals surface area (Å²) < 4.78 is 36.3. The van der Waals surface area contributed by atoms with Crippen LogP contribution < -0.4 is 4.89 Å². The van der Waals surface area contributed by atoms with Gasteiger partial charge in [0.15, 0.2) is 0 Å². The van der Waals surface area contributed by atoms with Gasteiger partial charge in [-0.1, -0.05) is 0 Å². The van der Waals surface area contributed by atoms with Crippen LogP contribution >= 0.6 is 7.82 Å². The quantitative estimate of drug-likeness (QED) is 0.454. The lowest BCUT2D eigenvalue weighted by atomic mass is 9.92. The van der Waals surface area contributed by atoms with E-state index in [9.17, 15) is 9.46 Å². The first-order chi connectivity index (χ1) is 7.94. The Morgan fingerprint density at radius 2 is 2.29 bits per heavy atom. The number of hydrogen-bond donors (Lipinski definition) is 0. The molecule has 2 aliphatic rings. The van der Waals surface area contributed by atoms with Crippen LogP contribution in [0, 0.1) is 0 Å². The Kier molecular flexibility index (Phi) is 3.67. The maximum Gasteiger partial charge on any atom is 0.268 e. The Morgan fingerprint density at radius 1 is 1.59 bits per heavy atom. The number of phosphoric acid groups is 1. The van der Waals surface area contributed by atoms with Gasteiger partial charge in [-0.25, -0.2) is 0 Å². The van der Waals surface area contributed by atoms with Crippen molar-refractivity contribution in [2.24, 2.45) is 0 Å². The summed E-state index contributed by atoms with van der Waals surface area (Å²) in [5.74, 6) is 0. The van der Waals surface area contributed by atoms with E-state index in [1.54, 1.807) is 0 Å². The Bertz CT molecular complexity index is 340. The van der Waals surface area contributed by atoms with E-state index in [0.29, 0.717) is 0 Å². The minimum absolute atomic E-state index is 0.131. The van der Waals surface area contributed by atoms with Gasteiger partial charge >= 0.3 is 0 Å². The number of rotatable bonds is 5. The summed E-state index contributed by atoms with van der Waals surface area (Å²) in [7, 11) is 3.79. The fourth-order valence-corrected chi connectivity index (χ4v) is 2.83. The van der Waals surface area contributed by atoms with E-state index >= 15 is 0 Å². The summed E-state index contributed by atoms with van der Waals surface area (Å²) in [6, 6.07) is -0.735. The predicted octanol–water partition coefficient (Wildman–Crippen LogP) is -1.20. The van der Waals surface area contributed by atoms with Crippen molar-refractivity contribution in [1.82, 2.24) is 0 Å². The van der Waals surface area contributed by atoms with E-state index < -0.39 is 31.6 Å². The molecule has 0 aromatic heterocycles. The Hall–Kier alpha value is 0.0549. The smallest absolute Gasteiger partial charge is 0.268 e. The second kappa shape index (κ2) is 4.62. The molecule has 2 unspecified atom stereocenters. The Balaban J connectivity index is 2.18. The second-order valence-corrected chi connectivity index (χ2v) is 5.48. The molecule has 2 bridgehead atoms. The zero-order valence-corrected chi connectivity index (χ0v) is 10.4. The molecule has 0 spiro atoms. The molecule has 2 aliphatic heterocycles. The molecule has 0 aromatic rings. The summed E-state index contributed by atoms with van der Waals surface area (Å²) in [5, 5.41) is 0. The number of ether oxygens (including phenoxy) is 3. The van der Waals surface area contributed by atoms with Gasteiger partial charge < -0.3 is 28.2 Å². The third kappa shape index (κ3) is 2.31. The van der Waals surface area contributed by atoms with Crippen molar-refractivity contribution in [2.45, 2.75) is 23.8 Å². The molecule has 2 heterocycles. The molecular weight excluding hydrogens is 250 g/mol. The van der Waals surface area contributed by atoms with E-state index in [1.807, 2.05) is 0 Å². The van der Waals surface area contributed by atoms with Gasteiger partial charge in [0.2, 0.25) is 0 Å². The fraction of sp³-hybridized carbons (Fsp3) is 1.00. The molecule has 0 aliphatic carbocycles. The van der Waals surface area contributed by atoms with E-state index in [-0.39, 0.29) is 13.2 Å². The fourth-order valence-electron chi connectivity index (χ4n) is 2.15. The zero-order valence-electron chi connectivity index (χ0n) is 9.53. The van der Waals surface area contributed by atoms with Crippen molar-refractivity contribution >= 4 is 15.7 Å². The minimum atomic E-state index is -4.37. The van der Waals surface area contributed by atoms with E-state index in [4.69, 9.17) is 26.6 Å². The van der Waals surface area contributed by atoms with Crippen LogP contribution in [0.5, 0.6) is 0 Å². The van der Waals surface area contributed by atoms with Gasteiger partial charge in [-0.2, -0.15) is 0 Å². The molecule has 2 fully saturated rings. The average molecular weight is 263 g/mol. The Labute approximate surface area is 100 Å². The van der Waals surface area contributed by atoms with Gasteiger partial charge in [0.05, 0.1) is 13.2 Å². The lowest BCUT2D eigenvalue weighted by Gasteiger charge is -2.32. The molecule has 9 heteroatoms. The van der Waals surface area contributed by atoms with Gasteiger partial charge in [-0.3, -0.25) is 4.57 Å². The van der Waals surface area contributed by atoms with Crippen molar-refractivity contribution in [2.75, 3.05) is 27.4 Å². The van der Waals surface area contributed by atoms with E-state index in [2.05, 4.69) is 4.52 Å². The largest absolute Gasteiger partial charge is 0.756 e. The summed E-state index contributed by atoms with van der Waals surface area (Å²) in [6.45, 7) is 0.305. The van der Waals surface area contributed by atoms with Crippen LogP contribution in [-0.4, -0.2) is 59.1 Å². The molecule has 7 nitrogen and oxygen atoms in total. The highest BCUT2D eigenvalue weighted by Gasteiger charge is 2.61. The monoisotopic (exact) mass is 263 g/mol. The zero-order chi connectivity index (χ0) is 12.7. The highest BCUT2D eigenvalue weighted by Crippen LogP contribution is 2.49. The lowest BCUT2D eigenvalue weighted by Crippen LogP contribution is -2.46. The molecule has 0 saturated carbocycles. The van der Waals surface area contributed by atoms with Crippen molar-refractivity contribution in [1.29, 1.82) is 0 Å². The lowest BCUT2D eigenvalue weighted by molar-refractivity contribution is -0.231. The number of phosphoric ester groups is 1. The second-order valence-electron chi connectivity index (χ2n) is 4.01. The highest BCUT2D eigenvalue weighted by molar-refractivity contribution is 7.45. The van der Waals surface area contributed by atoms with E-state index in [0.717, 1.165) is 7.11 Å². The molecule has 5 atom stereocenters. The molecule has 2 radical (unpaired) electrons. The molecule has 17 heavy (non-hydrogen) atoms. The average Bonchev–Trinajstić information content (AvgIpc) is 2.69. The molecule has 2 saturated heterocycles. The molecule has 0 N–H and O–H groups in total. The van der Waals surface area contributed by atoms with Crippen LogP contribution in [0.3, 0.4) is 0 Å². The maximum absolute atomic E-state index is 11.3. The predicted molar refractivity (Wildman–Crippen MR) is 54.5 cm³/mol. The number of hydrogen-bond acceptors (Lipinski definition) is 7. The SMILES string of the molecule is [B][C@@H]1O[C@@]2(COC)CO[C@H]1C2OP(=O)([O-])OC. The number of methoxy groups -OCH3 is 1. The van der Waals surface area contributed by atoms with Crippen LogP contribution in [0.2, 0.25) is 0 Å². The van der Waals surface area contributed by atoms with Gasteiger partial charge in [0, 0.05) is 20.2 Å². The maximum atomic E-state index is 11.3. The molecular formula is C8H13BO7P-. The standard InChI is InChI=1S/C8H14BO7P/c1-12-3-8-4-14-5(7(9)15-8)6(8)16-17(10,11)13-2/h5-7H,3-4H2,1-2H3,(H,10,11)/p-1/t5-,6?,7+,8-/m0/s1. The molecule has 0 amide bonds. The van der Waals surface area contributed by atoms with Crippen molar-refractivity contribution in [3.05, 3.63) is 0 Å². The minimum Gasteiger partial charge on any atom is -0.756 e. The van der Waals surface area contributed by atoms with Crippen LogP contribution in [0.1, 0.15) is 0 Å². The molecule has 2 rings (SSSR count). The van der Waals surface area contributed by atoms with Gasteiger partial charge in [-0.15, -0.1) is 0 Å². The highest BCUT2D eigenvalue weighted by atomic mass is 31.2. The van der Waals surface area contributed by atoms with E-state index in [1.165, 1.54) is 7.11 Å². The first-order valence-electron chi connectivity index (χ1n) is 5.03. The van der Waals surface area contributed by atoms with Gasteiger partial charge in [-0.05, 0) is 0 Å². The van der Waals surface area contributed by atoms with Gasteiger partial charge in [0.1, 0.15) is 25.7 Å². The first-order valence-corrected chi connectivity index (χ1v) is 6.49.